The van der Waals surface area contributed by atoms with Crippen LogP contribution in [0.15, 0.2) is 54.2 Å². The number of amides is 3. The van der Waals surface area contributed by atoms with E-state index in [0.29, 0.717) is 34.1 Å². The normalized spacial score (nSPS) is 15.1. The summed E-state index contributed by atoms with van der Waals surface area (Å²) in [6.07, 6.45) is 6.69. The summed E-state index contributed by atoms with van der Waals surface area (Å²) in [6, 6.07) is 8.30. The minimum Gasteiger partial charge on any atom is -0.493 e. The molecule has 3 aromatic rings. The number of hydrogen-bond acceptors (Lipinski definition) is 6. The van der Waals surface area contributed by atoms with Crippen molar-refractivity contribution in [2.45, 2.75) is 32.6 Å². The number of anilines is 1. The fourth-order valence-electron chi connectivity index (χ4n) is 4.20. The molecule has 0 radical (unpaired) electrons. The number of halogens is 1. The molecule has 0 saturated heterocycles. The predicted molar refractivity (Wildman–Crippen MR) is 134 cm³/mol. The fraction of sp³-hybridized carbons (Fsp3) is 0.296. The van der Waals surface area contributed by atoms with E-state index in [1.54, 1.807) is 24.4 Å². The number of nitrogens with zero attached hydrogens (tertiary/aromatic N) is 1. The molecule has 0 spiro atoms. The molecule has 8 nitrogen and oxygen atoms in total. The molecule has 0 bridgehead atoms. The number of aromatic nitrogens is 1. The number of rotatable bonds is 7. The first-order valence-electron chi connectivity index (χ1n) is 11.6. The molecule has 2 N–H and O–H groups in total. The molecule has 1 atom stereocenters. The second-order valence-electron chi connectivity index (χ2n) is 8.71. The highest BCUT2D eigenvalue weighted by Crippen LogP contribution is 2.37. The van der Waals surface area contributed by atoms with Gasteiger partial charge >= 0.3 is 6.03 Å². The van der Waals surface area contributed by atoms with Gasteiger partial charge in [0.2, 0.25) is 5.91 Å². The summed E-state index contributed by atoms with van der Waals surface area (Å²) in [5.41, 5.74) is 1.80. The second-order valence-corrected chi connectivity index (χ2v) is 8.71. The molecule has 188 valence electrons. The molecule has 4 rings (SSSR count). The maximum Gasteiger partial charge on any atom is 0.325 e. The summed E-state index contributed by atoms with van der Waals surface area (Å²) >= 11 is 0. The van der Waals surface area contributed by atoms with Gasteiger partial charge < -0.3 is 19.5 Å². The maximum atomic E-state index is 14.8. The highest BCUT2D eigenvalue weighted by atomic mass is 19.1. The van der Waals surface area contributed by atoms with Crippen molar-refractivity contribution in [3.63, 3.8) is 0 Å². The van der Waals surface area contributed by atoms with E-state index in [9.17, 15) is 14.0 Å². The average molecular weight is 494 g/mol. The van der Waals surface area contributed by atoms with Crippen LogP contribution in [-0.2, 0) is 4.79 Å². The second kappa shape index (κ2) is 11.1. The molecule has 2 aromatic carbocycles. The number of pyridine rings is 1. The number of urea groups is 1. The number of allylic oxidation sites excluding steroid dienone is 1. The molecular weight excluding hydrogens is 465 g/mol. The lowest BCUT2D eigenvalue weighted by atomic mass is 9.89. The van der Waals surface area contributed by atoms with Gasteiger partial charge in [0.25, 0.3) is 0 Å². The lowest BCUT2D eigenvalue weighted by Gasteiger charge is -2.18. The van der Waals surface area contributed by atoms with E-state index in [-0.39, 0.29) is 17.9 Å². The third-order valence-electron chi connectivity index (χ3n) is 5.96. The zero-order chi connectivity index (χ0) is 25.7. The molecule has 3 amide bonds. The van der Waals surface area contributed by atoms with E-state index in [0.717, 1.165) is 30.9 Å². The molecule has 0 saturated carbocycles. The minimum atomic E-state index is -0.723. The van der Waals surface area contributed by atoms with Crippen molar-refractivity contribution in [2.24, 2.45) is 5.92 Å². The number of imide groups is 1. The SMILES string of the molecule is COc1cc2nccc(Oc3ccc(NC(=O)NC(=O)CC4=CCCC(C)C4)cc3F)c2cc1OC. The Hall–Kier alpha value is -4.14. The van der Waals surface area contributed by atoms with E-state index in [1.165, 1.54) is 26.4 Å². The highest BCUT2D eigenvalue weighted by molar-refractivity contribution is 6.01. The number of benzene rings is 2. The molecule has 0 aliphatic heterocycles. The molecule has 1 aliphatic rings. The molecular formula is C27H28FN3O5. The molecule has 1 heterocycles. The molecule has 0 fully saturated rings. The van der Waals surface area contributed by atoms with Gasteiger partial charge in [-0.1, -0.05) is 18.6 Å². The van der Waals surface area contributed by atoms with Crippen LogP contribution in [0.4, 0.5) is 14.9 Å². The first kappa shape index (κ1) is 25.0. The van der Waals surface area contributed by atoms with Crippen LogP contribution < -0.4 is 24.8 Å². The monoisotopic (exact) mass is 493 g/mol. The Morgan fingerprint density at radius 1 is 1.06 bits per heavy atom. The number of ether oxygens (including phenoxy) is 3. The number of hydrogen-bond donors (Lipinski definition) is 2. The van der Waals surface area contributed by atoms with Crippen molar-refractivity contribution in [1.29, 1.82) is 0 Å². The summed E-state index contributed by atoms with van der Waals surface area (Å²) in [6.45, 7) is 2.14. The number of carbonyl (C=O) groups excluding carboxylic acids is 2. The zero-order valence-electron chi connectivity index (χ0n) is 20.4. The first-order chi connectivity index (χ1) is 17.4. The molecule has 1 aliphatic carbocycles. The molecule has 1 unspecified atom stereocenters. The van der Waals surface area contributed by atoms with Gasteiger partial charge in [-0.2, -0.15) is 0 Å². The fourth-order valence-corrected chi connectivity index (χ4v) is 4.20. The molecule has 9 heteroatoms. The quantitative estimate of drug-likeness (QED) is 0.394. The van der Waals surface area contributed by atoms with Gasteiger partial charge in [-0.3, -0.25) is 15.1 Å². The topological polar surface area (TPSA) is 98.8 Å². The summed E-state index contributed by atoms with van der Waals surface area (Å²) in [4.78, 5) is 28.7. The van der Waals surface area contributed by atoms with Crippen molar-refractivity contribution in [1.82, 2.24) is 10.3 Å². The average Bonchev–Trinajstić information content (AvgIpc) is 2.84. The van der Waals surface area contributed by atoms with E-state index >= 15 is 0 Å². The van der Waals surface area contributed by atoms with Gasteiger partial charge in [-0.05, 0) is 49.4 Å². The largest absolute Gasteiger partial charge is 0.493 e. The zero-order valence-corrected chi connectivity index (χ0v) is 20.4. The first-order valence-corrected chi connectivity index (χ1v) is 11.6. The number of methoxy groups -OCH3 is 2. The van der Waals surface area contributed by atoms with E-state index in [4.69, 9.17) is 14.2 Å². The molecule has 36 heavy (non-hydrogen) atoms. The van der Waals surface area contributed by atoms with Crippen LogP contribution in [0, 0.1) is 11.7 Å². The van der Waals surface area contributed by atoms with Crippen LogP contribution in [0.2, 0.25) is 0 Å². The van der Waals surface area contributed by atoms with Crippen LogP contribution in [0.25, 0.3) is 10.9 Å². The standard InChI is InChI=1S/C27H28FN3O5/c1-16-5-4-6-17(11-16)12-26(32)31-27(33)30-18-7-8-23(20(28)13-18)36-22-9-10-29-21-15-25(35-3)24(34-2)14-19(21)22/h6-10,13-16H,4-5,11-12H2,1-3H3,(H2,30,31,32,33). The van der Waals surface area contributed by atoms with E-state index in [1.807, 2.05) is 0 Å². The lowest BCUT2D eigenvalue weighted by Crippen LogP contribution is -2.34. The van der Waals surface area contributed by atoms with Gasteiger partial charge in [-0.15, -0.1) is 0 Å². The highest BCUT2D eigenvalue weighted by Gasteiger charge is 2.17. The Labute approximate surface area is 208 Å². The van der Waals surface area contributed by atoms with E-state index < -0.39 is 17.8 Å². The smallest absolute Gasteiger partial charge is 0.325 e. The van der Waals surface area contributed by atoms with Crippen LogP contribution in [0.5, 0.6) is 23.0 Å². The summed E-state index contributed by atoms with van der Waals surface area (Å²) in [5, 5.41) is 5.38. The van der Waals surface area contributed by atoms with Gasteiger partial charge in [-0.25, -0.2) is 9.18 Å². The van der Waals surface area contributed by atoms with Gasteiger partial charge in [0.1, 0.15) is 5.75 Å². The van der Waals surface area contributed by atoms with E-state index in [2.05, 4.69) is 28.6 Å². The third-order valence-corrected chi connectivity index (χ3v) is 5.96. The van der Waals surface area contributed by atoms with Crippen molar-refractivity contribution in [3.8, 4) is 23.0 Å². The van der Waals surface area contributed by atoms with Gasteiger partial charge in [0, 0.05) is 35.8 Å². The Kier molecular flexibility index (Phi) is 7.68. The lowest BCUT2D eigenvalue weighted by molar-refractivity contribution is -0.119. The Morgan fingerprint density at radius 2 is 1.83 bits per heavy atom. The summed E-state index contributed by atoms with van der Waals surface area (Å²) in [5.74, 6) is 0.768. The van der Waals surface area contributed by atoms with Crippen LogP contribution in [0.1, 0.15) is 32.6 Å². The Morgan fingerprint density at radius 3 is 2.56 bits per heavy atom. The number of nitrogens with one attached hydrogen (secondary N) is 2. The third kappa shape index (κ3) is 5.91. The maximum absolute atomic E-state index is 14.8. The van der Waals surface area contributed by atoms with Gasteiger partial charge in [0.15, 0.2) is 23.1 Å². The van der Waals surface area contributed by atoms with Crippen molar-refractivity contribution >= 4 is 28.5 Å². The Bertz CT molecular complexity index is 1320. The number of fused-ring (bicyclic) bond motifs is 1. The van der Waals surface area contributed by atoms with Crippen LogP contribution in [-0.4, -0.2) is 31.1 Å². The minimum absolute atomic E-state index is 0.0438. The van der Waals surface area contributed by atoms with Crippen molar-refractivity contribution < 1.29 is 28.2 Å². The molecule has 1 aromatic heterocycles. The summed E-state index contributed by atoms with van der Waals surface area (Å²) < 4.78 is 31.3. The van der Waals surface area contributed by atoms with Crippen molar-refractivity contribution in [3.05, 3.63) is 60.1 Å². The Balaban J connectivity index is 1.42. The van der Waals surface area contributed by atoms with Crippen LogP contribution in [0.3, 0.4) is 0 Å². The van der Waals surface area contributed by atoms with Crippen LogP contribution >= 0.6 is 0 Å². The van der Waals surface area contributed by atoms with Gasteiger partial charge in [0.05, 0.1) is 19.7 Å². The van der Waals surface area contributed by atoms with Crippen molar-refractivity contribution in [2.75, 3.05) is 19.5 Å². The summed E-state index contributed by atoms with van der Waals surface area (Å²) in [7, 11) is 3.05. The predicted octanol–water partition coefficient (Wildman–Crippen LogP) is 5.97. The number of carbonyl (C=O) groups is 2.